The van der Waals surface area contributed by atoms with Crippen LogP contribution in [0.2, 0.25) is 0 Å². The Kier molecular flexibility index (Phi) is 6.90. The molecule has 5 nitrogen and oxygen atoms in total. The van der Waals surface area contributed by atoms with E-state index in [9.17, 15) is 13.2 Å². The molecule has 6 heteroatoms. The van der Waals surface area contributed by atoms with E-state index in [1.54, 1.807) is 43.3 Å². The second-order valence-corrected chi connectivity index (χ2v) is 8.92. The minimum Gasteiger partial charge on any atom is -0.351 e. The Labute approximate surface area is 178 Å². The number of hydrogen-bond donors (Lipinski definition) is 1. The Morgan fingerprint density at radius 1 is 0.933 bits per heavy atom. The zero-order valence-corrected chi connectivity index (χ0v) is 18.0. The van der Waals surface area contributed by atoms with Crippen molar-refractivity contribution in [3.63, 3.8) is 0 Å². The smallest absolute Gasteiger partial charge is 0.264 e. The van der Waals surface area contributed by atoms with E-state index in [0.29, 0.717) is 17.8 Å². The molecule has 1 atom stereocenters. The molecule has 3 aromatic rings. The zero-order valence-electron chi connectivity index (χ0n) is 17.2. The number of benzene rings is 3. The fourth-order valence-electron chi connectivity index (χ4n) is 3.26. The zero-order chi connectivity index (χ0) is 21.6. The molecule has 0 fully saturated rings. The summed E-state index contributed by atoms with van der Waals surface area (Å²) in [6.45, 7) is 4.57. The number of nitrogens with zero attached hydrogens (tertiary/aromatic N) is 1. The van der Waals surface area contributed by atoms with Gasteiger partial charge in [-0.15, -0.1) is 0 Å². The molecular formula is C24H26N2O3S. The maximum absolute atomic E-state index is 13.2. The van der Waals surface area contributed by atoms with Gasteiger partial charge in [-0.05, 0) is 48.7 Å². The third-order valence-electron chi connectivity index (χ3n) is 4.95. The number of carbonyl (C=O) groups is 1. The normalized spacial score (nSPS) is 12.2. The highest BCUT2D eigenvalue weighted by molar-refractivity contribution is 7.92. The van der Waals surface area contributed by atoms with Crippen molar-refractivity contribution in [2.75, 3.05) is 17.4 Å². The van der Waals surface area contributed by atoms with Gasteiger partial charge in [-0.25, -0.2) is 8.42 Å². The van der Waals surface area contributed by atoms with Gasteiger partial charge >= 0.3 is 0 Å². The first kappa shape index (κ1) is 21.6. The standard InChI is InChI=1S/C24H26N2O3S/c1-3-26(22-14-8-5-9-15-22)30(28,29)23-16-10-13-21(17-23)24(27)25-18-19(2)20-11-6-4-7-12-20/h4-17,19H,3,18H2,1-2H3,(H,25,27). The van der Waals surface area contributed by atoms with Crippen molar-refractivity contribution in [2.45, 2.75) is 24.7 Å². The van der Waals surface area contributed by atoms with Gasteiger partial charge in [0, 0.05) is 18.7 Å². The van der Waals surface area contributed by atoms with E-state index < -0.39 is 10.0 Å². The summed E-state index contributed by atoms with van der Waals surface area (Å²) < 4.78 is 27.7. The van der Waals surface area contributed by atoms with Crippen LogP contribution in [-0.4, -0.2) is 27.4 Å². The summed E-state index contributed by atoms with van der Waals surface area (Å²) in [5, 5.41) is 2.90. The monoisotopic (exact) mass is 422 g/mol. The number of sulfonamides is 1. The second-order valence-electron chi connectivity index (χ2n) is 7.05. The minimum absolute atomic E-state index is 0.0944. The van der Waals surface area contributed by atoms with E-state index >= 15 is 0 Å². The van der Waals surface area contributed by atoms with Crippen LogP contribution >= 0.6 is 0 Å². The summed E-state index contributed by atoms with van der Waals surface area (Å²) in [7, 11) is -3.78. The van der Waals surface area contributed by atoms with Gasteiger partial charge in [-0.3, -0.25) is 9.10 Å². The van der Waals surface area contributed by atoms with Crippen molar-refractivity contribution in [3.8, 4) is 0 Å². The molecule has 0 bridgehead atoms. The quantitative estimate of drug-likeness (QED) is 0.584. The molecule has 0 radical (unpaired) electrons. The first-order chi connectivity index (χ1) is 14.4. The molecule has 0 aliphatic rings. The summed E-state index contributed by atoms with van der Waals surface area (Å²) in [5.41, 5.74) is 2.04. The maximum Gasteiger partial charge on any atom is 0.264 e. The Hall–Kier alpha value is -3.12. The van der Waals surface area contributed by atoms with Crippen LogP contribution in [0.3, 0.4) is 0 Å². The fourth-order valence-corrected chi connectivity index (χ4v) is 4.78. The van der Waals surface area contributed by atoms with Gasteiger partial charge < -0.3 is 5.32 Å². The first-order valence-corrected chi connectivity index (χ1v) is 11.4. The molecule has 156 valence electrons. The molecule has 1 amide bonds. The second kappa shape index (κ2) is 9.59. The Bertz CT molecular complexity index is 1080. The van der Waals surface area contributed by atoms with E-state index in [4.69, 9.17) is 0 Å². The van der Waals surface area contributed by atoms with E-state index in [0.717, 1.165) is 5.56 Å². The van der Waals surface area contributed by atoms with Crippen molar-refractivity contribution >= 4 is 21.6 Å². The number of rotatable bonds is 8. The lowest BCUT2D eigenvalue weighted by Crippen LogP contribution is -2.31. The SMILES string of the molecule is CCN(c1ccccc1)S(=O)(=O)c1cccc(C(=O)NCC(C)c2ccccc2)c1. The summed E-state index contributed by atoms with van der Waals surface area (Å²) in [6.07, 6.45) is 0. The molecule has 3 rings (SSSR count). The number of anilines is 1. The predicted octanol–water partition coefficient (Wildman–Crippen LogP) is 4.44. The molecule has 0 heterocycles. The molecular weight excluding hydrogens is 396 g/mol. The molecule has 1 N–H and O–H groups in total. The van der Waals surface area contributed by atoms with Crippen LogP contribution in [0.15, 0.2) is 89.8 Å². The molecule has 30 heavy (non-hydrogen) atoms. The Balaban J connectivity index is 1.77. The Morgan fingerprint density at radius 2 is 1.57 bits per heavy atom. The van der Waals surface area contributed by atoms with Gasteiger partial charge in [0.15, 0.2) is 0 Å². The number of amides is 1. The lowest BCUT2D eigenvalue weighted by atomic mass is 10.0. The third kappa shape index (κ3) is 4.89. The van der Waals surface area contributed by atoms with Gasteiger partial charge in [-0.1, -0.05) is 61.5 Å². The van der Waals surface area contributed by atoms with Crippen molar-refractivity contribution in [1.29, 1.82) is 0 Å². The third-order valence-corrected chi connectivity index (χ3v) is 6.85. The van der Waals surface area contributed by atoms with E-state index in [1.807, 2.05) is 43.3 Å². The molecule has 0 saturated heterocycles. The highest BCUT2D eigenvalue weighted by atomic mass is 32.2. The van der Waals surface area contributed by atoms with Crippen LogP contribution < -0.4 is 9.62 Å². The summed E-state index contributed by atoms with van der Waals surface area (Å²) >= 11 is 0. The van der Waals surface area contributed by atoms with E-state index in [-0.39, 0.29) is 23.3 Å². The van der Waals surface area contributed by atoms with E-state index in [2.05, 4.69) is 5.32 Å². The number of carbonyl (C=O) groups excluding carboxylic acids is 1. The van der Waals surface area contributed by atoms with Gasteiger partial charge in [0.1, 0.15) is 0 Å². The van der Waals surface area contributed by atoms with Gasteiger partial charge in [0.25, 0.3) is 15.9 Å². The van der Waals surface area contributed by atoms with Crippen LogP contribution in [-0.2, 0) is 10.0 Å². The average molecular weight is 423 g/mol. The summed E-state index contributed by atoms with van der Waals surface area (Å²) in [4.78, 5) is 12.7. The largest absolute Gasteiger partial charge is 0.351 e. The van der Waals surface area contributed by atoms with Crippen molar-refractivity contribution in [2.24, 2.45) is 0 Å². The number of hydrogen-bond acceptors (Lipinski definition) is 3. The molecule has 0 aliphatic heterocycles. The van der Waals surface area contributed by atoms with Crippen LogP contribution in [0.1, 0.15) is 35.7 Å². The lowest BCUT2D eigenvalue weighted by Gasteiger charge is -2.23. The maximum atomic E-state index is 13.2. The highest BCUT2D eigenvalue weighted by Crippen LogP contribution is 2.24. The van der Waals surface area contributed by atoms with Gasteiger partial charge in [0.2, 0.25) is 0 Å². The number of para-hydroxylation sites is 1. The van der Waals surface area contributed by atoms with Crippen LogP contribution in [0.5, 0.6) is 0 Å². The van der Waals surface area contributed by atoms with Crippen LogP contribution in [0.25, 0.3) is 0 Å². The molecule has 0 aromatic heterocycles. The number of nitrogens with one attached hydrogen (secondary N) is 1. The molecule has 1 unspecified atom stereocenters. The van der Waals surface area contributed by atoms with Crippen molar-refractivity contribution < 1.29 is 13.2 Å². The molecule has 0 saturated carbocycles. The average Bonchev–Trinajstić information content (AvgIpc) is 2.79. The van der Waals surface area contributed by atoms with Crippen LogP contribution in [0.4, 0.5) is 5.69 Å². The summed E-state index contributed by atoms with van der Waals surface area (Å²) in [5.74, 6) is -0.145. The van der Waals surface area contributed by atoms with Crippen molar-refractivity contribution in [3.05, 3.63) is 96.1 Å². The summed E-state index contributed by atoms with van der Waals surface area (Å²) in [6, 6.07) is 25.0. The Morgan fingerprint density at radius 3 is 2.20 bits per heavy atom. The van der Waals surface area contributed by atoms with Crippen molar-refractivity contribution in [1.82, 2.24) is 5.32 Å². The van der Waals surface area contributed by atoms with Gasteiger partial charge in [-0.2, -0.15) is 0 Å². The molecule has 3 aromatic carbocycles. The molecule has 0 spiro atoms. The van der Waals surface area contributed by atoms with Crippen LogP contribution in [0, 0.1) is 0 Å². The molecule has 0 aliphatic carbocycles. The van der Waals surface area contributed by atoms with E-state index in [1.165, 1.54) is 16.4 Å². The highest BCUT2D eigenvalue weighted by Gasteiger charge is 2.24. The minimum atomic E-state index is -3.78. The fraction of sp³-hybridized carbons (Fsp3) is 0.208. The lowest BCUT2D eigenvalue weighted by molar-refractivity contribution is 0.0951. The topological polar surface area (TPSA) is 66.5 Å². The predicted molar refractivity (Wildman–Crippen MR) is 120 cm³/mol. The van der Waals surface area contributed by atoms with Gasteiger partial charge in [0.05, 0.1) is 10.6 Å². The first-order valence-electron chi connectivity index (χ1n) is 9.94.